The molecule has 0 nitrogen and oxygen atoms in total. The van der Waals surface area contributed by atoms with Crippen LogP contribution >= 0.6 is 11.3 Å². The Labute approximate surface area is 338 Å². The summed E-state index contributed by atoms with van der Waals surface area (Å²) >= 11 is 1.90. The van der Waals surface area contributed by atoms with Crippen molar-refractivity contribution in [2.24, 2.45) is 23.7 Å². The Morgan fingerprint density at radius 3 is 1.88 bits per heavy atom. The van der Waals surface area contributed by atoms with Crippen LogP contribution in [0, 0.1) is 23.7 Å². The molecule has 13 rings (SSSR count). The molecular formula is C56H46S. The fourth-order valence-electron chi connectivity index (χ4n) is 12.0. The van der Waals surface area contributed by atoms with E-state index in [9.17, 15) is 0 Å². The molecule has 2 unspecified atom stereocenters. The smallest absolute Gasteiger partial charge is 0.0355 e. The first-order valence-electron chi connectivity index (χ1n) is 21.4. The molecule has 9 aromatic rings. The molecule has 0 amide bonds. The van der Waals surface area contributed by atoms with Crippen LogP contribution in [0.4, 0.5) is 0 Å². The zero-order chi connectivity index (χ0) is 37.5. The van der Waals surface area contributed by atoms with Crippen LogP contribution in [-0.4, -0.2) is 0 Å². The van der Waals surface area contributed by atoms with Gasteiger partial charge in [-0.05, 0) is 169 Å². The van der Waals surface area contributed by atoms with Gasteiger partial charge in [-0.25, -0.2) is 0 Å². The summed E-state index contributed by atoms with van der Waals surface area (Å²) in [5, 5.41) is 13.8. The third-order valence-electron chi connectivity index (χ3n) is 14.1. The van der Waals surface area contributed by atoms with Gasteiger partial charge in [-0.15, -0.1) is 11.3 Å². The largest absolute Gasteiger partial charge is 0.135 e. The van der Waals surface area contributed by atoms with E-state index >= 15 is 0 Å². The normalized spacial score (nSPS) is 21.4. The van der Waals surface area contributed by atoms with Crippen LogP contribution in [0.15, 0.2) is 152 Å². The SMILES string of the molecule is C1=c2cccc/c2=C(/CCc2c3ccccc3c(-c3ccc4sc5ccccc5c4c3)c3ccccc23)c2c(ccc3ccccc23)CC2CC3CC1CC(C2)C3. The van der Waals surface area contributed by atoms with Crippen LogP contribution in [0.5, 0.6) is 0 Å². The van der Waals surface area contributed by atoms with E-state index in [1.807, 2.05) is 11.3 Å². The predicted molar refractivity (Wildman–Crippen MR) is 245 cm³/mol. The van der Waals surface area contributed by atoms with Crippen LogP contribution in [0.2, 0.25) is 0 Å². The van der Waals surface area contributed by atoms with E-state index in [1.165, 1.54) is 129 Å². The van der Waals surface area contributed by atoms with E-state index in [0.29, 0.717) is 5.92 Å². The lowest BCUT2D eigenvalue weighted by Crippen LogP contribution is -2.35. The van der Waals surface area contributed by atoms with Gasteiger partial charge in [0.25, 0.3) is 0 Å². The van der Waals surface area contributed by atoms with Crippen molar-refractivity contribution in [1.29, 1.82) is 0 Å². The van der Waals surface area contributed by atoms with Crippen molar-refractivity contribution in [3.63, 3.8) is 0 Å². The molecule has 1 aromatic heterocycles. The standard InChI is InChI=1S/C56H46S/c1-4-14-44-39(11-1)21-22-41-33-38-30-35-27-36(31-38)29-37(28-35)32-40-12-2-3-13-43(40)51(55(41)44)25-24-47-45-15-5-7-18-49(45)56(50-19-8-6-16-46(47)50)42-23-26-54-52(34-42)48-17-9-10-20-53(48)57-54/h1-23,26,32,34-38H,24-25,27-31,33H2/b40-32?,51-43+. The Kier molecular flexibility index (Phi) is 8.00. The number of hydrogen-bond donors (Lipinski definition) is 0. The van der Waals surface area contributed by atoms with Crippen molar-refractivity contribution >= 4 is 75.5 Å². The molecule has 0 spiro atoms. The van der Waals surface area contributed by atoms with Gasteiger partial charge < -0.3 is 0 Å². The number of benzene rings is 8. The number of thiophene rings is 1. The number of aryl methyl sites for hydroxylation is 1. The zero-order valence-electron chi connectivity index (χ0n) is 32.4. The van der Waals surface area contributed by atoms with E-state index in [2.05, 4.69) is 158 Å². The van der Waals surface area contributed by atoms with Gasteiger partial charge in [-0.1, -0.05) is 140 Å². The number of rotatable bonds is 4. The highest BCUT2D eigenvalue weighted by atomic mass is 32.1. The summed E-state index contributed by atoms with van der Waals surface area (Å²) in [6.45, 7) is 0. The fraction of sp³-hybridized carbons (Fsp3) is 0.214. The molecule has 2 saturated carbocycles. The highest BCUT2D eigenvalue weighted by Gasteiger charge is 2.36. The maximum atomic E-state index is 2.70. The fourth-order valence-corrected chi connectivity index (χ4v) is 13.1. The molecule has 2 fully saturated rings. The summed E-state index contributed by atoms with van der Waals surface area (Å²) in [6.07, 6.45) is 12.8. The molecule has 1 heteroatoms. The van der Waals surface area contributed by atoms with E-state index in [4.69, 9.17) is 0 Å². The summed E-state index contributed by atoms with van der Waals surface area (Å²) in [4.78, 5) is 0. The molecule has 8 aromatic carbocycles. The first kappa shape index (κ1) is 33.6. The number of fused-ring (bicyclic) bond motifs is 6. The van der Waals surface area contributed by atoms with Crippen LogP contribution in [0.3, 0.4) is 0 Å². The van der Waals surface area contributed by atoms with E-state index in [1.54, 1.807) is 5.56 Å². The summed E-state index contributed by atoms with van der Waals surface area (Å²) < 4.78 is 2.71. The molecule has 0 N–H and O–H groups in total. The van der Waals surface area contributed by atoms with Crippen molar-refractivity contribution in [2.45, 2.75) is 51.4 Å². The molecule has 57 heavy (non-hydrogen) atoms. The van der Waals surface area contributed by atoms with E-state index < -0.39 is 0 Å². The molecular weight excluding hydrogens is 705 g/mol. The molecule has 0 aliphatic heterocycles. The Hall–Kier alpha value is -5.50. The molecule has 4 aliphatic carbocycles. The molecule has 4 bridgehead atoms. The van der Waals surface area contributed by atoms with Crippen molar-refractivity contribution in [3.05, 3.63) is 179 Å². The lowest BCUT2D eigenvalue weighted by Gasteiger charge is -2.42. The topological polar surface area (TPSA) is 0 Å². The van der Waals surface area contributed by atoms with Crippen molar-refractivity contribution in [1.82, 2.24) is 0 Å². The first-order valence-corrected chi connectivity index (χ1v) is 22.2. The molecule has 0 radical (unpaired) electrons. The van der Waals surface area contributed by atoms with Crippen LogP contribution < -0.4 is 10.4 Å². The maximum absolute atomic E-state index is 2.70. The molecule has 4 aliphatic rings. The number of hydrogen-bond acceptors (Lipinski definition) is 1. The summed E-state index contributed by atoms with van der Waals surface area (Å²) in [7, 11) is 0. The Morgan fingerprint density at radius 2 is 1.09 bits per heavy atom. The van der Waals surface area contributed by atoms with Crippen molar-refractivity contribution in [2.75, 3.05) is 0 Å². The lowest BCUT2D eigenvalue weighted by atomic mass is 9.63. The van der Waals surface area contributed by atoms with Crippen molar-refractivity contribution < 1.29 is 0 Å². The van der Waals surface area contributed by atoms with Crippen LogP contribution in [0.25, 0.3) is 75.3 Å². The monoisotopic (exact) mass is 750 g/mol. The van der Waals surface area contributed by atoms with Gasteiger partial charge in [-0.3, -0.25) is 0 Å². The second kappa shape index (κ2) is 13.6. The van der Waals surface area contributed by atoms with Gasteiger partial charge in [0.2, 0.25) is 0 Å². The second-order valence-corrected chi connectivity index (χ2v) is 18.6. The van der Waals surface area contributed by atoms with Gasteiger partial charge in [0, 0.05) is 20.2 Å². The first-order chi connectivity index (χ1) is 28.2. The molecule has 276 valence electrons. The highest BCUT2D eigenvalue weighted by molar-refractivity contribution is 7.25. The molecule has 2 atom stereocenters. The lowest BCUT2D eigenvalue weighted by molar-refractivity contribution is 0.117. The van der Waals surface area contributed by atoms with Crippen LogP contribution in [-0.2, 0) is 12.8 Å². The Bertz CT molecular complexity index is 3110. The Balaban J connectivity index is 1.08. The minimum atomic E-state index is 0.676. The van der Waals surface area contributed by atoms with Gasteiger partial charge in [-0.2, -0.15) is 0 Å². The van der Waals surface area contributed by atoms with Gasteiger partial charge in [0.05, 0.1) is 0 Å². The zero-order valence-corrected chi connectivity index (χ0v) is 33.2. The van der Waals surface area contributed by atoms with Gasteiger partial charge in [0.1, 0.15) is 0 Å². The Morgan fingerprint density at radius 1 is 0.456 bits per heavy atom. The third-order valence-corrected chi connectivity index (χ3v) is 15.3. The predicted octanol–water partition coefficient (Wildman–Crippen LogP) is 13.8. The van der Waals surface area contributed by atoms with Gasteiger partial charge >= 0.3 is 0 Å². The van der Waals surface area contributed by atoms with E-state index in [-0.39, 0.29) is 0 Å². The quantitative estimate of drug-likeness (QED) is 0.157. The minimum Gasteiger partial charge on any atom is -0.135 e. The maximum Gasteiger partial charge on any atom is 0.0355 e. The summed E-state index contributed by atoms with van der Waals surface area (Å²) in [5.74, 6) is 3.20. The van der Waals surface area contributed by atoms with Crippen LogP contribution in [0.1, 0.15) is 55.2 Å². The average molecular weight is 751 g/mol. The third kappa shape index (κ3) is 5.69. The van der Waals surface area contributed by atoms with Crippen molar-refractivity contribution in [3.8, 4) is 11.1 Å². The van der Waals surface area contributed by atoms with Gasteiger partial charge in [0.15, 0.2) is 0 Å². The van der Waals surface area contributed by atoms with E-state index in [0.717, 1.165) is 30.6 Å². The minimum absolute atomic E-state index is 0.676. The molecule has 1 heterocycles. The highest BCUT2D eigenvalue weighted by Crippen LogP contribution is 2.48. The average Bonchev–Trinajstić information content (AvgIpc) is 3.62. The molecule has 0 saturated heterocycles. The summed E-state index contributed by atoms with van der Waals surface area (Å²) in [6, 6.07) is 58.1. The second-order valence-electron chi connectivity index (χ2n) is 17.5. The summed E-state index contributed by atoms with van der Waals surface area (Å²) in [5.41, 5.74) is 8.69.